The first kappa shape index (κ1) is 23.3. The summed E-state index contributed by atoms with van der Waals surface area (Å²) in [7, 11) is -2.62. The van der Waals surface area contributed by atoms with Crippen molar-refractivity contribution in [3.8, 4) is 0 Å². The minimum Gasteiger partial charge on any atom is -0.444 e. The van der Waals surface area contributed by atoms with Gasteiger partial charge in [-0.05, 0) is 42.6 Å². The number of carbonyl (C=O) groups is 1. The minimum atomic E-state index is -2.62. The number of nitrogens with one attached hydrogen (secondary N) is 1. The Morgan fingerprint density at radius 2 is 1.39 bits per heavy atom. The molecule has 2 atom stereocenters. The predicted octanol–water partition coefficient (Wildman–Crippen LogP) is 4.78. The molecule has 0 aromatic heterocycles. The van der Waals surface area contributed by atoms with Crippen LogP contribution in [0.2, 0.25) is 5.04 Å². The first-order chi connectivity index (χ1) is 14.5. The fourth-order valence-electron chi connectivity index (χ4n) is 4.24. The highest BCUT2D eigenvalue weighted by molar-refractivity contribution is 6.99. The maximum absolute atomic E-state index is 12.2. The maximum atomic E-state index is 12.2. The Balaban J connectivity index is 1.88. The minimum absolute atomic E-state index is 0.0776. The first-order valence-corrected chi connectivity index (χ1v) is 12.9. The number of benzene rings is 2. The molecular formula is C26H35NO3Si. The van der Waals surface area contributed by atoms with E-state index in [0.29, 0.717) is 6.42 Å². The molecule has 1 N–H and O–H groups in total. The number of amides is 1. The van der Waals surface area contributed by atoms with Crippen molar-refractivity contribution < 1.29 is 14.0 Å². The van der Waals surface area contributed by atoms with Crippen molar-refractivity contribution in [2.24, 2.45) is 0 Å². The molecule has 1 aliphatic carbocycles. The summed E-state index contributed by atoms with van der Waals surface area (Å²) in [5.41, 5.74) is -0.517. The second kappa shape index (κ2) is 9.01. The van der Waals surface area contributed by atoms with Crippen LogP contribution in [-0.4, -0.2) is 32.2 Å². The summed E-state index contributed by atoms with van der Waals surface area (Å²) in [5, 5.41) is 5.38. The lowest BCUT2D eigenvalue weighted by atomic mass is 10.2. The summed E-state index contributed by atoms with van der Waals surface area (Å²) in [5.74, 6) is 0. The molecule has 0 radical (unpaired) electrons. The molecule has 0 fully saturated rings. The molecule has 0 saturated carbocycles. The first-order valence-electron chi connectivity index (χ1n) is 11.0. The molecule has 1 amide bonds. The number of ether oxygens (including phenoxy) is 1. The van der Waals surface area contributed by atoms with Gasteiger partial charge in [0.25, 0.3) is 8.32 Å². The monoisotopic (exact) mass is 437 g/mol. The van der Waals surface area contributed by atoms with E-state index < -0.39 is 20.0 Å². The van der Waals surface area contributed by atoms with Gasteiger partial charge in [0.2, 0.25) is 0 Å². The number of alkyl carbamates (subject to hydrolysis) is 1. The third kappa shape index (κ3) is 5.46. The van der Waals surface area contributed by atoms with Crippen molar-refractivity contribution in [3.05, 3.63) is 72.8 Å². The quantitative estimate of drug-likeness (QED) is 0.541. The van der Waals surface area contributed by atoms with E-state index >= 15 is 0 Å². The Hall–Kier alpha value is -2.37. The Morgan fingerprint density at radius 1 is 0.871 bits per heavy atom. The van der Waals surface area contributed by atoms with E-state index in [9.17, 15) is 4.79 Å². The molecule has 0 saturated heterocycles. The van der Waals surface area contributed by atoms with Crippen molar-refractivity contribution >= 4 is 24.8 Å². The Morgan fingerprint density at radius 3 is 1.84 bits per heavy atom. The highest BCUT2D eigenvalue weighted by Gasteiger charge is 2.51. The van der Waals surface area contributed by atoms with Gasteiger partial charge in [0.15, 0.2) is 0 Å². The SMILES string of the molecule is CC(C)(C)OC(=O)N[C@H]1C=C[C@H](O[Si](c2ccccc2)(c2ccccc2)C(C)(C)C)C1. The van der Waals surface area contributed by atoms with E-state index in [2.05, 4.69) is 80.7 Å². The molecule has 5 heteroatoms. The molecule has 0 unspecified atom stereocenters. The van der Waals surface area contributed by atoms with Gasteiger partial charge in [0, 0.05) is 0 Å². The van der Waals surface area contributed by atoms with Gasteiger partial charge in [-0.25, -0.2) is 4.79 Å². The summed E-state index contributed by atoms with van der Waals surface area (Å²) in [4.78, 5) is 12.2. The number of hydrogen-bond acceptors (Lipinski definition) is 3. The summed E-state index contributed by atoms with van der Waals surface area (Å²) >= 11 is 0. The van der Waals surface area contributed by atoms with Crippen molar-refractivity contribution in [3.63, 3.8) is 0 Å². The van der Waals surface area contributed by atoms with Crippen LogP contribution < -0.4 is 15.7 Å². The zero-order chi connectivity index (χ0) is 22.7. The molecule has 0 heterocycles. The van der Waals surface area contributed by atoms with E-state index in [1.54, 1.807) is 0 Å². The van der Waals surface area contributed by atoms with Gasteiger partial charge in [-0.3, -0.25) is 0 Å². The number of carbonyl (C=O) groups excluding carboxylic acids is 1. The molecule has 3 rings (SSSR count). The standard InChI is InChI=1S/C26H35NO3Si/c1-25(2,3)29-24(28)27-20-17-18-21(19-20)30-31(26(4,5)6,22-13-9-7-10-14-22)23-15-11-8-12-16-23/h7-18,20-21H,19H2,1-6H3,(H,27,28)/t20-,21-/m0/s1. The molecule has 0 bridgehead atoms. The van der Waals surface area contributed by atoms with Crippen LogP contribution in [0.1, 0.15) is 48.0 Å². The van der Waals surface area contributed by atoms with Crippen LogP contribution in [0.5, 0.6) is 0 Å². The topological polar surface area (TPSA) is 47.6 Å². The van der Waals surface area contributed by atoms with Crippen LogP contribution in [0.25, 0.3) is 0 Å². The van der Waals surface area contributed by atoms with Crippen LogP contribution in [0.4, 0.5) is 4.79 Å². The van der Waals surface area contributed by atoms with Crippen molar-refractivity contribution in [2.75, 3.05) is 0 Å². The Bertz CT molecular complexity index is 858. The molecule has 0 aliphatic heterocycles. The van der Waals surface area contributed by atoms with Crippen LogP contribution in [0.3, 0.4) is 0 Å². The van der Waals surface area contributed by atoms with Crippen LogP contribution in [0.15, 0.2) is 72.8 Å². The van der Waals surface area contributed by atoms with Crippen LogP contribution in [-0.2, 0) is 9.16 Å². The predicted molar refractivity (Wildman–Crippen MR) is 129 cm³/mol. The van der Waals surface area contributed by atoms with Gasteiger partial charge in [0.05, 0.1) is 12.1 Å². The van der Waals surface area contributed by atoms with E-state index in [-0.39, 0.29) is 17.2 Å². The van der Waals surface area contributed by atoms with Gasteiger partial charge in [-0.15, -0.1) is 0 Å². The van der Waals surface area contributed by atoms with Crippen LogP contribution in [0, 0.1) is 0 Å². The third-order valence-electron chi connectivity index (χ3n) is 5.49. The fourth-order valence-corrected chi connectivity index (χ4v) is 8.88. The Labute approximate surface area is 187 Å². The highest BCUT2D eigenvalue weighted by Crippen LogP contribution is 2.38. The van der Waals surface area contributed by atoms with E-state index in [1.807, 2.05) is 39.0 Å². The average molecular weight is 438 g/mol. The van der Waals surface area contributed by atoms with E-state index in [1.165, 1.54) is 10.4 Å². The lowest BCUT2D eigenvalue weighted by Crippen LogP contribution is -2.67. The lowest BCUT2D eigenvalue weighted by Gasteiger charge is -2.44. The second-order valence-corrected chi connectivity index (χ2v) is 14.4. The van der Waals surface area contributed by atoms with Gasteiger partial charge >= 0.3 is 6.09 Å². The highest BCUT2D eigenvalue weighted by atomic mass is 28.4. The van der Waals surface area contributed by atoms with Gasteiger partial charge in [-0.2, -0.15) is 0 Å². The zero-order valence-corrected chi connectivity index (χ0v) is 20.5. The van der Waals surface area contributed by atoms with E-state index in [0.717, 1.165) is 0 Å². The molecule has 2 aromatic rings. The Kier molecular flexibility index (Phi) is 6.77. The molecule has 31 heavy (non-hydrogen) atoms. The summed E-state index contributed by atoms with van der Waals surface area (Å²) in [6.45, 7) is 12.4. The van der Waals surface area contributed by atoms with Crippen molar-refractivity contribution in [1.82, 2.24) is 5.32 Å². The number of rotatable bonds is 5. The lowest BCUT2D eigenvalue weighted by molar-refractivity contribution is 0.0509. The molecule has 0 spiro atoms. The average Bonchev–Trinajstić information content (AvgIpc) is 3.11. The summed E-state index contributed by atoms with van der Waals surface area (Å²) in [6.07, 6.45) is 4.33. The largest absolute Gasteiger partial charge is 0.444 e. The summed E-state index contributed by atoms with van der Waals surface area (Å²) in [6, 6.07) is 21.1. The number of hydrogen-bond donors (Lipinski definition) is 1. The van der Waals surface area contributed by atoms with Gasteiger partial charge in [-0.1, -0.05) is 93.6 Å². The second-order valence-electron chi connectivity index (χ2n) is 10.2. The third-order valence-corrected chi connectivity index (χ3v) is 10.6. The maximum Gasteiger partial charge on any atom is 0.408 e. The smallest absolute Gasteiger partial charge is 0.408 e. The zero-order valence-electron chi connectivity index (χ0n) is 19.5. The van der Waals surface area contributed by atoms with Crippen LogP contribution >= 0.6 is 0 Å². The summed E-state index contributed by atoms with van der Waals surface area (Å²) < 4.78 is 12.5. The molecular weight excluding hydrogens is 402 g/mol. The van der Waals surface area contributed by atoms with Gasteiger partial charge in [0.1, 0.15) is 5.60 Å². The molecule has 4 nitrogen and oxygen atoms in total. The van der Waals surface area contributed by atoms with Crippen molar-refractivity contribution in [2.45, 2.75) is 70.7 Å². The van der Waals surface area contributed by atoms with E-state index in [4.69, 9.17) is 9.16 Å². The molecule has 166 valence electrons. The van der Waals surface area contributed by atoms with Gasteiger partial charge < -0.3 is 14.5 Å². The van der Waals surface area contributed by atoms with Crippen molar-refractivity contribution in [1.29, 1.82) is 0 Å². The normalized spacial score (nSPS) is 19.3. The molecule has 1 aliphatic rings. The fraction of sp³-hybridized carbons (Fsp3) is 0.423. The molecule has 2 aromatic carbocycles.